The number of ether oxygens (including phenoxy) is 4. The first-order chi connectivity index (χ1) is 25.2. The molecule has 2 heterocycles. The Morgan fingerprint density at radius 3 is 1.42 bits per heavy atom. The fraction of sp³-hybridized carbons (Fsp3) is 0.316. The van der Waals surface area contributed by atoms with E-state index in [1.807, 2.05) is 9.80 Å². The molecule has 2 fully saturated rings. The van der Waals surface area contributed by atoms with E-state index in [1.165, 1.54) is 38.5 Å². The second kappa shape index (κ2) is 14.6. The average molecular weight is 713 g/mol. The first kappa shape index (κ1) is 34.9. The fourth-order valence-corrected chi connectivity index (χ4v) is 7.09. The van der Waals surface area contributed by atoms with Gasteiger partial charge < -0.3 is 50.0 Å². The van der Waals surface area contributed by atoms with Crippen molar-refractivity contribution in [3.05, 3.63) is 94.0 Å². The minimum absolute atomic E-state index is 0.0545. The van der Waals surface area contributed by atoms with Gasteiger partial charge in [0, 0.05) is 73.9 Å². The quantitative estimate of drug-likeness (QED) is 0.101. The molecule has 14 heteroatoms. The minimum Gasteiger partial charge on any atom is -0.507 e. The van der Waals surface area contributed by atoms with Crippen LogP contribution in [0.25, 0.3) is 0 Å². The first-order valence-corrected chi connectivity index (χ1v) is 16.9. The van der Waals surface area contributed by atoms with Crippen molar-refractivity contribution in [1.82, 2.24) is 9.80 Å². The Kier molecular flexibility index (Phi) is 9.79. The number of anilines is 2. The number of hydrogen-bond donors (Lipinski definition) is 6. The number of carbonyl (C=O) groups is 2. The highest BCUT2D eigenvalue weighted by Crippen LogP contribution is 2.43. The minimum atomic E-state index is -0.599. The molecule has 2 saturated heterocycles. The van der Waals surface area contributed by atoms with Crippen LogP contribution in [-0.2, 0) is 9.47 Å². The number of fused-ring (bicyclic) bond motifs is 2. The van der Waals surface area contributed by atoms with Crippen molar-refractivity contribution in [2.75, 3.05) is 77.3 Å². The summed E-state index contributed by atoms with van der Waals surface area (Å²) in [4.78, 5) is 32.3. The summed E-state index contributed by atoms with van der Waals surface area (Å²) in [5.74, 6) is -0.844. The highest BCUT2D eigenvalue weighted by atomic mass is 16.5. The van der Waals surface area contributed by atoms with Crippen molar-refractivity contribution in [2.45, 2.75) is 12.5 Å². The summed E-state index contributed by atoms with van der Waals surface area (Å²) in [5, 5.41) is 49.2. The lowest BCUT2D eigenvalue weighted by Crippen LogP contribution is -2.31. The van der Waals surface area contributed by atoms with Gasteiger partial charge in [-0.2, -0.15) is 0 Å². The predicted molar refractivity (Wildman–Crippen MR) is 190 cm³/mol. The van der Waals surface area contributed by atoms with Crippen LogP contribution >= 0.6 is 0 Å². The van der Waals surface area contributed by atoms with Gasteiger partial charge in [-0.15, -0.1) is 0 Å². The molecule has 2 aliphatic heterocycles. The summed E-state index contributed by atoms with van der Waals surface area (Å²) in [6, 6.07) is 15.9. The Labute approximate surface area is 299 Å². The maximum atomic E-state index is 14.1. The molecule has 2 unspecified atom stereocenters. The Bertz CT molecular complexity index is 1880. The lowest BCUT2D eigenvalue weighted by Gasteiger charge is -2.27. The summed E-state index contributed by atoms with van der Waals surface area (Å²) in [6.07, 6.45) is -0.977. The topological polar surface area (TPSA) is 183 Å². The molecule has 0 aromatic heterocycles. The van der Waals surface area contributed by atoms with Gasteiger partial charge in [0.15, 0.2) is 0 Å². The Balaban J connectivity index is 1.11. The summed E-state index contributed by atoms with van der Waals surface area (Å²) in [5.41, 5.74) is 1.64. The predicted octanol–water partition coefficient (Wildman–Crippen LogP) is 4.19. The van der Waals surface area contributed by atoms with Gasteiger partial charge in [0.25, 0.3) is 0 Å². The highest BCUT2D eigenvalue weighted by Gasteiger charge is 2.38. The third-order valence-corrected chi connectivity index (χ3v) is 9.68. The number of ketones is 2. The third-order valence-electron chi connectivity index (χ3n) is 9.68. The standard InChI is InChI=1S/C38H40N4O10/c1-49-21-3-5-23(29(45)19-21)37-41(15-17-51-37)13-11-39-25-7-8-26(32-31(25)35(47)33-27(43)9-10-28(44)34(33)36(32)48)40-12-14-42-16-18-52-38(42)24-6-4-22(50-2)20-30(24)46/h3-10,19-20,37-40,43-46H,11-18H2,1-2H3. The van der Waals surface area contributed by atoms with Crippen molar-refractivity contribution in [1.29, 1.82) is 0 Å². The molecule has 3 aliphatic rings. The molecule has 1 aliphatic carbocycles. The zero-order valence-electron chi connectivity index (χ0n) is 28.7. The van der Waals surface area contributed by atoms with Crippen LogP contribution in [0.4, 0.5) is 11.4 Å². The Morgan fingerprint density at radius 1 is 0.615 bits per heavy atom. The van der Waals surface area contributed by atoms with E-state index in [0.29, 0.717) is 86.5 Å². The molecule has 2 atom stereocenters. The Hall–Kier alpha value is -5.54. The molecular weight excluding hydrogens is 672 g/mol. The number of aromatic hydroxyl groups is 4. The summed E-state index contributed by atoms with van der Waals surface area (Å²) < 4.78 is 22.3. The van der Waals surface area contributed by atoms with Gasteiger partial charge >= 0.3 is 0 Å². The van der Waals surface area contributed by atoms with Crippen LogP contribution in [0.3, 0.4) is 0 Å². The lowest BCUT2D eigenvalue weighted by atomic mass is 9.81. The van der Waals surface area contributed by atoms with Crippen LogP contribution in [0.15, 0.2) is 60.7 Å². The molecule has 0 amide bonds. The molecule has 7 rings (SSSR count). The molecule has 0 radical (unpaired) electrons. The molecule has 0 bridgehead atoms. The van der Waals surface area contributed by atoms with E-state index in [-0.39, 0.29) is 33.8 Å². The average Bonchev–Trinajstić information content (AvgIpc) is 3.81. The van der Waals surface area contributed by atoms with Crippen LogP contribution in [0, 0.1) is 0 Å². The monoisotopic (exact) mass is 712 g/mol. The van der Waals surface area contributed by atoms with Crippen molar-refractivity contribution in [3.63, 3.8) is 0 Å². The van der Waals surface area contributed by atoms with E-state index in [4.69, 9.17) is 18.9 Å². The van der Waals surface area contributed by atoms with Gasteiger partial charge in [0.05, 0.1) is 49.7 Å². The third kappa shape index (κ3) is 6.41. The molecule has 4 aromatic rings. The van der Waals surface area contributed by atoms with E-state index in [9.17, 15) is 30.0 Å². The zero-order valence-corrected chi connectivity index (χ0v) is 28.7. The van der Waals surface area contributed by atoms with E-state index < -0.39 is 35.5 Å². The number of phenols is 4. The summed E-state index contributed by atoms with van der Waals surface area (Å²) in [7, 11) is 3.05. The maximum absolute atomic E-state index is 14.1. The van der Waals surface area contributed by atoms with E-state index >= 15 is 0 Å². The lowest BCUT2D eigenvalue weighted by molar-refractivity contribution is 0.0327. The van der Waals surface area contributed by atoms with Gasteiger partial charge in [-0.3, -0.25) is 19.4 Å². The number of phenolic OH excluding ortho intramolecular Hbond substituents is 4. The molecule has 6 N–H and O–H groups in total. The molecule has 52 heavy (non-hydrogen) atoms. The van der Waals surface area contributed by atoms with Gasteiger partial charge in [-0.25, -0.2) is 0 Å². The summed E-state index contributed by atoms with van der Waals surface area (Å²) in [6.45, 7) is 3.79. The number of hydrogen-bond acceptors (Lipinski definition) is 14. The largest absolute Gasteiger partial charge is 0.507 e. The second-order valence-electron chi connectivity index (χ2n) is 12.6. The van der Waals surface area contributed by atoms with Gasteiger partial charge in [-0.1, -0.05) is 0 Å². The first-order valence-electron chi connectivity index (χ1n) is 16.9. The van der Waals surface area contributed by atoms with Crippen LogP contribution in [-0.4, -0.2) is 108 Å². The van der Waals surface area contributed by atoms with Crippen LogP contribution in [0.5, 0.6) is 34.5 Å². The number of rotatable bonds is 12. The van der Waals surface area contributed by atoms with E-state index in [2.05, 4.69) is 10.6 Å². The molecule has 272 valence electrons. The van der Waals surface area contributed by atoms with Crippen LogP contribution in [0.2, 0.25) is 0 Å². The Morgan fingerprint density at radius 2 is 1.04 bits per heavy atom. The number of nitrogens with one attached hydrogen (secondary N) is 2. The maximum Gasteiger partial charge on any atom is 0.200 e. The van der Waals surface area contributed by atoms with Crippen molar-refractivity contribution in [3.8, 4) is 34.5 Å². The highest BCUT2D eigenvalue weighted by molar-refractivity contribution is 6.33. The number of carbonyl (C=O) groups excluding carboxylic acids is 2. The normalized spacial score (nSPS) is 18.7. The van der Waals surface area contributed by atoms with E-state index in [0.717, 1.165) is 0 Å². The van der Waals surface area contributed by atoms with Crippen molar-refractivity contribution >= 4 is 22.9 Å². The van der Waals surface area contributed by atoms with Gasteiger partial charge in [-0.05, 0) is 48.5 Å². The molecular formula is C38H40N4O10. The smallest absolute Gasteiger partial charge is 0.200 e. The molecule has 4 aromatic carbocycles. The molecule has 0 saturated carbocycles. The van der Waals surface area contributed by atoms with E-state index in [1.54, 1.807) is 36.4 Å². The number of methoxy groups -OCH3 is 2. The van der Waals surface area contributed by atoms with Gasteiger partial charge in [0.1, 0.15) is 47.0 Å². The number of benzene rings is 4. The summed E-state index contributed by atoms with van der Waals surface area (Å²) >= 11 is 0. The van der Waals surface area contributed by atoms with Crippen LogP contribution in [0.1, 0.15) is 55.4 Å². The van der Waals surface area contributed by atoms with Crippen molar-refractivity contribution in [2.24, 2.45) is 0 Å². The molecule has 0 spiro atoms. The molecule has 14 nitrogen and oxygen atoms in total. The van der Waals surface area contributed by atoms with Crippen molar-refractivity contribution < 1.29 is 49.0 Å². The van der Waals surface area contributed by atoms with Crippen LogP contribution < -0.4 is 20.1 Å². The zero-order chi connectivity index (χ0) is 36.5. The second-order valence-corrected chi connectivity index (χ2v) is 12.6. The SMILES string of the molecule is COc1ccc(C2OCCN2CCNc2ccc(NCCN3CCOC3c3ccc(OC)cc3O)c3c2C(=O)c2c(O)ccc(O)c2C3=O)c(O)c1. The van der Waals surface area contributed by atoms with Gasteiger partial charge in [0.2, 0.25) is 11.6 Å². The number of nitrogens with zero attached hydrogens (tertiary/aromatic N) is 2. The fourth-order valence-electron chi connectivity index (χ4n) is 7.09.